The van der Waals surface area contributed by atoms with Gasteiger partial charge in [0.2, 0.25) is 5.43 Å². The van der Waals surface area contributed by atoms with Crippen LogP contribution in [0.25, 0.3) is 10.9 Å². The highest BCUT2D eigenvalue weighted by Gasteiger charge is 2.16. The topological polar surface area (TPSA) is 68.4 Å². The minimum atomic E-state index is -0.608. The lowest BCUT2D eigenvalue weighted by atomic mass is 10.0. The van der Waals surface area contributed by atoms with Crippen molar-refractivity contribution in [3.05, 3.63) is 39.7 Å². The van der Waals surface area contributed by atoms with Crippen LogP contribution in [0.5, 0.6) is 5.75 Å². The lowest BCUT2D eigenvalue weighted by Crippen LogP contribution is -2.18. The van der Waals surface area contributed by atoms with Gasteiger partial charge in [0, 0.05) is 6.20 Å². The number of aryl methyl sites for hydroxylation is 1. The van der Waals surface area contributed by atoms with Gasteiger partial charge in [-0.1, -0.05) is 13.3 Å². The summed E-state index contributed by atoms with van der Waals surface area (Å²) in [6.45, 7) is 4.05. The molecule has 2 aromatic rings. The number of methoxy groups -OCH3 is 1. The lowest BCUT2D eigenvalue weighted by molar-refractivity contribution is 0.0524. The molecule has 22 heavy (non-hydrogen) atoms. The molecule has 0 fully saturated rings. The number of hydrogen-bond acceptors (Lipinski definition) is 4. The molecule has 1 heterocycles. The van der Waals surface area contributed by atoms with Gasteiger partial charge in [0.15, 0.2) is 0 Å². The number of ether oxygens (including phenoxy) is 2. The molecule has 5 heteroatoms. The highest BCUT2D eigenvalue weighted by atomic mass is 16.5. The van der Waals surface area contributed by atoms with Gasteiger partial charge in [0.25, 0.3) is 0 Å². The Morgan fingerprint density at radius 3 is 2.68 bits per heavy atom. The van der Waals surface area contributed by atoms with E-state index in [-0.39, 0.29) is 17.6 Å². The molecule has 0 unspecified atom stereocenters. The van der Waals surface area contributed by atoms with E-state index in [0.717, 1.165) is 24.8 Å². The minimum absolute atomic E-state index is 0.0176. The summed E-state index contributed by atoms with van der Waals surface area (Å²) in [5.74, 6) is -0.000287. The molecule has 0 amide bonds. The summed E-state index contributed by atoms with van der Waals surface area (Å²) in [4.78, 5) is 27.4. The van der Waals surface area contributed by atoms with Crippen LogP contribution in [0, 0.1) is 0 Å². The van der Waals surface area contributed by atoms with E-state index < -0.39 is 5.97 Å². The number of H-pyrrole nitrogens is 1. The quantitative estimate of drug-likeness (QED) is 0.833. The number of esters is 1. The number of hydrogen-bond donors (Lipinski definition) is 1. The van der Waals surface area contributed by atoms with E-state index in [1.807, 2.05) is 12.1 Å². The van der Waals surface area contributed by atoms with Gasteiger partial charge in [-0.25, -0.2) is 4.79 Å². The monoisotopic (exact) mass is 303 g/mol. The molecule has 5 nitrogen and oxygen atoms in total. The van der Waals surface area contributed by atoms with Crippen LogP contribution in [-0.4, -0.2) is 24.7 Å². The van der Waals surface area contributed by atoms with Crippen molar-refractivity contribution in [1.29, 1.82) is 0 Å². The second-order valence-electron chi connectivity index (χ2n) is 5.08. The SMILES string of the molecule is CCCCc1cc(OC)c2[nH]cc(C(=O)OCC)c(=O)c2c1. The summed E-state index contributed by atoms with van der Waals surface area (Å²) in [7, 11) is 1.57. The van der Waals surface area contributed by atoms with Crippen LogP contribution >= 0.6 is 0 Å². The zero-order valence-electron chi connectivity index (χ0n) is 13.2. The third-order valence-electron chi connectivity index (χ3n) is 3.55. The largest absolute Gasteiger partial charge is 0.495 e. The second kappa shape index (κ2) is 7.11. The third-order valence-corrected chi connectivity index (χ3v) is 3.55. The van der Waals surface area contributed by atoms with Crippen LogP contribution in [0.15, 0.2) is 23.1 Å². The van der Waals surface area contributed by atoms with E-state index >= 15 is 0 Å². The van der Waals surface area contributed by atoms with Crippen LogP contribution in [-0.2, 0) is 11.2 Å². The average Bonchev–Trinajstić information content (AvgIpc) is 2.53. The van der Waals surface area contributed by atoms with E-state index in [4.69, 9.17) is 9.47 Å². The Balaban J connectivity index is 2.60. The fourth-order valence-electron chi connectivity index (χ4n) is 2.40. The zero-order valence-corrected chi connectivity index (χ0v) is 13.2. The number of fused-ring (bicyclic) bond motifs is 1. The molecule has 1 aromatic carbocycles. The minimum Gasteiger partial charge on any atom is -0.495 e. The number of carbonyl (C=O) groups excluding carboxylic acids is 1. The van der Waals surface area contributed by atoms with Gasteiger partial charge in [0.05, 0.1) is 24.6 Å². The molecule has 1 N–H and O–H groups in total. The van der Waals surface area contributed by atoms with Gasteiger partial charge in [-0.05, 0) is 37.5 Å². The fourth-order valence-corrected chi connectivity index (χ4v) is 2.40. The summed E-state index contributed by atoms with van der Waals surface area (Å²) < 4.78 is 10.3. The van der Waals surface area contributed by atoms with Gasteiger partial charge in [-0.15, -0.1) is 0 Å². The predicted molar refractivity (Wildman–Crippen MR) is 85.7 cm³/mol. The number of pyridine rings is 1. The molecule has 0 aliphatic carbocycles. The number of aromatic nitrogens is 1. The van der Waals surface area contributed by atoms with Crippen LogP contribution in [0.1, 0.15) is 42.6 Å². The summed E-state index contributed by atoms with van der Waals surface area (Å²) in [5, 5.41) is 0.455. The van der Waals surface area contributed by atoms with Crippen LogP contribution in [0.4, 0.5) is 0 Å². The van der Waals surface area contributed by atoms with E-state index in [1.54, 1.807) is 14.0 Å². The van der Waals surface area contributed by atoms with Crippen molar-refractivity contribution < 1.29 is 14.3 Å². The van der Waals surface area contributed by atoms with Crippen LogP contribution in [0.2, 0.25) is 0 Å². The van der Waals surface area contributed by atoms with Gasteiger partial charge in [-0.2, -0.15) is 0 Å². The standard InChI is InChI=1S/C17H21NO4/c1-4-6-7-11-8-12-15(14(9-11)21-3)18-10-13(16(12)19)17(20)22-5-2/h8-10H,4-7H2,1-3H3,(H,18,19). The first kappa shape index (κ1) is 16.1. The molecular weight excluding hydrogens is 282 g/mol. The predicted octanol–water partition coefficient (Wildman–Crippen LogP) is 3.06. The normalized spacial score (nSPS) is 10.7. The van der Waals surface area contributed by atoms with Crippen molar-refractivity contribution in [3.8, 4) is 5.75 Å². The number of carbonyl (C=O) groups is 1. The summed E-state index contributed by atoms with van der Waals surface area (Å²) in [5.41, 5.74) is 1.31. The second-order valence-corrected chi connectivity index (χ2v) is 5.08. The first-order valence-corrected chi connectivity index (χ1v) is 7.51. The lowest BCUT2D eigenvalue weighted by Gasteiger charge is -2.10. The Morgan fingerprint density at radius 1 is 1.27 bits per heavy atom. The number of benzene rings is 1. The molecule has 0 saturated heterocycles. The smallest absolute Gasteiger partial charge is 0.343 e. The van der Waals surface area contributed by atoms with Crippen molar-refractivity contribution in [2.75, 3.05) is 13.7 Å². The molecule has 0 saturated carbocycles. The van der Waals surface area contributed by atoms with Crippen molar-refractivity contribution in [2.24, 2.45) is 0 Å². The fraction of sp³-hybridized carbons (Fsp3) is 0.412. The van der Waals surface area contributed by atoms with E-state index in [2.05, 4.69) is 11.9 Å². The van der Waals surface area contributed by atoms with Crippen molar-refractivity contribution in [2.45, 2.75) is 33.1 Å². The Kier molecular flexibility index (Phi) is 5.20. The molecule has 2 rings (SSSR count). The maximum absolute atomic E-state index is 12.6. The Morgan fingerprint density at radius 2 is 2.05 bits per heavy atom. The Bertz CT molecular complexity index is 733. The van der Waals surface area contributed by atoms with E-state index in [9.17, 15) is 9.59 Å². The molecule has 0 spiro atoms. The molecule has 118 valence electrons. The molecule has 1 aromatic heterocycles. The van der Waals surface area contributed by atoms with Crippen molar-refractivity contribution in [3.63, 3.8) is 0 Å². The maximum Gasteiger partial charge on any atom is 0.343 e. The third kappa shape index (κ3) is 3.13. The molecule has 0 aliphatic rings. The number of aromatic amines is 1. The molecule has 0 bridgehead atoms. The van der Waals surface area contributed by atoms with E-state index in [1.165, 1.54) is 6.20 Å². The molecular formula is C17H21NO4. The van der Waals surface area contributed by atoms with Crippen molar-refractivity contribution in [1.82, 2.24) is 4.98 Å². The van der Waals surface area contributed by atoms with Crippen molar-refractivity contribution >= 4 is 16.9 Å². The maximum atomic E-state index is 12.6. The molecule has 0 aliphatic heterocycles. The summed E-state index contributed by atoms with van der Waals surface area (Å²) in [6, 6.07) is 3.76. The van der Waals surface area contributed by atoms with Gasteiger partial charge in [0.1, 0.15) is 11.3 Å². The zero-order chi connectivity index (χ0) is 16.1. The summed E-state index contributed by atoms with van der Waals surface area (Å²) in [6.07, 6.45) is 4.35. The molecule has 0 radical (unpaired) electrons. The van der Waals surface area contributed by atoms with Crippen LogP contribution < -0.4 is 10.2 Å². The van der Waals surface area contributed by atoms with Gasteiger partial charge >= 0.3 is 5.97 Å². The number of nitrogens with one attached hydrogen (secondary N) is 1. The van der Waals surface area contributed by atoms with Gasteiger partial charge in [-0.3, -0.25) is 4.79 Å². The number of unbranched alkanes of at least 4 members (excludes halogenated alkanes) is 1. The first-order chi connectivity index (χ1) is 10.6. The van der Waals surface area contributed by atoms with E-state index in [0.29, 0.717) is 16.7 Å². The molecule has 0 atom stereocenters. The Hall–Kier alpha value is -2.30. The Labute approximate surface area is 129 Å². The average molecular weight is 303 g/mol. The highest BCUT2D eigenvalue weighted by molar-refractivity contribution is 5.95. The summed E-state index contributed by atoms with van der Waals surface area (Å²) >= 11 is 0. The first-order valence-electron chi connectivity index (χ1n) is 7.51. The highest BCUT2D eigenvalue weighted by Crippen LogP contribution is 2.25. The number of rotatable bonds is 6. The van der Waals surface area contributed by atoms with Gasteiger partial charge < -0.3 is 14.5 Å². The van der Waals surface area contributed by atoms with Crippen LogP contribution in [0.3, 0.4) is 0 Å².